The van der Waals surface area contributed by atoms with Crippen LogP contribution >= 0.6 is 0 Å². The number of carbonyl (C=O) groups is 4. The van der Waals surface area contributed by atoms with E-state index in [-0.39, 0.29) is 23.6 Å². The first-order valence-electron chi connectivity index (χ1n) is 12.2. The Hall–Kier alpha value is -2.90. The summed E-state index contributed by atoms with van der Waals surface area (Å²) in [6.45, 7) is 5.20. The molecule has 0 aromatic heterocycles. The van der Waals surface area contributed by atoms with Crippen molar-refractivity contribution < 1.29 is 23.9 Å². The lowest BCUT2D eigenvalue weighted by atomic mass is 9.59. The molecule has 186 valence electrons. The van der Waals surface area contributed by atoms with E-state index < -0.39 is 29.5 Å². The molecular weight excluding hydrogens is 434 g/mol. The molecule has 3 amide bonds. The normalized spacial score (nSPS) is 25.2. The van der Waals surface area contributed by atoms with Crippen LogP contribution in [0.3, 0.4) is 0 Å². The van der Waals surface area contributed by atoms with E-state index in [9.17, 15) is 19.2 Å². The Bertz CT molecular complexity index is 893. The summed E-state index contributed by atoms with van der Waals surface area (Å²) in [5.74, 6) is -1.46. The minimum Gasteiger partial charge on any atom is -0.467 e. The van der Waals surface area contributed by atoms with Crippen LogP contribution in [0.5, 0.6) is 0 Å². The molecule has 3 N–H and O–H groups in total. The van der Waals surface area contributed by atoms with E-state index in [4.69, 9.17) is 4.74 Å². The third-order valence-corrected chi connectivity index (χ3v) is 7.28. The van der Waals surface area contributed by atoms with Gasteiger partial charge in [-0.2, -0.15) is 0 Å². The zero-order chi connectivity index (χ0) is 24.9. The number of carbonyl (C=O) groups excluding carboxylic acids is 4. The molecule has 2 bridgehead atoms. The number of fused-ring (bicyclic) bond motifs is 3. The van der Waals surface area contributed by atoms with Crippen LogP contribution < -0.4 is 16.0 Å². The third kappa shape index (κ3) is 5.96. The number of hydrogen-bond acceptors (Lipinski definition) is 5. The zero-order valence-corrected chi connectivity index (χ0v) is 20.6. The van der Waals surface area contributed by atoms with E-state index in [1.807, 2.05) is 30.3 Å². The van der Waals surface area contributed by atoms with Crippen molar-refractivity contribution in [1.29, 1.82) is 0 Å². The molecule has 3 fully saturated rings. The van der Waals surface area contributed by atoms with Gasteiger partial charge >= 0.3 is 5.97 Å². The van der Waals surface area contributed by atoms with Gasteiger partial charge in [0, 0.05) is 12.3 Å². The molecule has 8 heteroatoms. The van der Waals surface area contributed by atoms with Crippen molar-refractivity contribution in [3.8, 4) is 0 Å². The highest BCUT2D eigenvalue weighted by molar-refractivity contribution is 5.90. The van der Waals surface area contributed by atoms with Gasteiger partial charge in [0.25, 0.3) is 0 Å². The molecule has 1 aromatic carbocycles. The fraction of sp³-hybridized carbons (Fsp3) is 0.615. The van der Waals surface area contributed by atoms with Gasteiger partial charge in [-0.15, -0.1) is 0 Å². The lowest BCUT2D eigenvalue weighted by Gasteiger charge is -2.52. The summed E-state index contributed by atoms with van der Waals surface area (Å²) in [5.41, 5.74) is 0.237. The molecular formula is C26H37N3O5. The second-order valence-corrected chi connectivity index (χ2v) is 10.0. The Morgan fingerprint density at radius 1 is 1.00 bits per heavy atom. The minimum absolute atomic E-state index is 0.191. The highest BCUT2D eigenvalue weighted by Crippen LogP contribution is 2.48. The Morgan fingerprint density at radius 2 is 1.65 bits per heavy atom. The summed E-state index contributed by atoms with van der Waals surface area (Å²) in [5, 5.41) is 8.78. The topological polar surface area (TPSA) is 114 Å². The fourth-order valence-corrected chi connectivity index (χ4v) is 5.16. The van der Waals surface area contributed by atoms with Gasteiger partial charge in [-0.1, -0.05) is 44.2 Å². The third-order valence-electron chi connectivity index (χ3n) is 7.28. The van der Waals surface area contributed by atoms with Gasteiger partial charge in [-0.25, -0.2) is 4.79 Å². The highest BCUT2D eigenvalue weighted by atomic mass is 16.5. The quantitative estimate of drug-likeness (QED) is 0.478. The van der Waals surface area contributed by atoms with Crippen molar-refractivity contribution >= 4 is 23.7 Å². The fourth-order valence-electron chi connectivity index (χ4n) is 5.16. The van der Waals surface area contributed by atoms with Crippen molar-refractivity contribution in [3.05, 3.63) is 35.9 Å². The molecule has 1 aromatic rings. The molecule has 3 saturated carbocycles. The van der Waals surface area contributed by atoms with Crippen molar-refractivity contribution in [2.24, 2.45) is 17.8 Å². The van der Waals surface area contributed by atoms with E-state index in [1.165, 1.54) is 7.11 Å². The predicted octanol–water partition coefficient (Wildman–Crippen LogP) is 2.11. The Labute approximate surface area is 201 Å². The molecule has 0 spiro atoms. The summed E-state index contributed by atoms with van der Waals surface area (Å²) in [4.78, 5) is 51.0. The smallest absolute Gasteiger partial charge is 0.328 e. The maximum absolute atomic E-state index is 13.5. The van der Waals surface area contributed by atoms with Gasteiger partial charge in [0.1, 0.15) is 12.1 Å². The maximum Gasteiger partial charge on any atom is 0.328 e. The number of benzene rings is 1. The second-order valence-electron chi connectivity index (χ2n) is 10.0. The highest BCUT2D eigenvalue weighted by Gasteiger charge is 2.52. The van der Waals surface area contributed by atoms with Crippen molar-refractivity contribution in [2.45, 2.75) is 76.9 Å². The number of amides is 3. The Kier molecular flexibility index (Phi) is 8.33. The average molecular weight is 472 g/mol. The predicted molar refractivity (Wildman–Crippen MR) is 127 cm³/mol. The molecule has 3 aliphatic rings. The van der Waals surface area contributed by atoms with Crippen LogP contribution in [0.4, 0.5) is 0 Å². The van der Waals surface area contributed by atoms with Crippen LogP contribution in [0.15, 0.2) is 30.3 Å². The van der Waals surface area contributed by atoms with Gasteiger partial charge in [0.05, 0.1) is 18.6 Å². The molecule has 3 aliphatic carbocycles. The first-order valence-corrected chi connectivity index (χ1v) is 12.2. The molecule has 0 radical (unpaired) electrons. The molecule has 0 saturated heterocycles. The van der Waals surface area contributed by atoms with Crippen LogP contribution in [0.25, 0.3) is 0 Å². The molecule has 0 unspecified atom stereocenters. The van der Waals surface area contributed by atoms with Gasteiger partial charge in [-0.05, 0) is 50.5 Å². The first kappa shape index (κ1) is 25.7. The zero-order valence-electron chi connectivity index (χ0n) is 20.6. The molecule has 8 nitrogen and oxygen atoms in total. The van der Waals surface area contributed by atoms with Crippen LogP contribution in [-0.2, 0) is 30.3 Å². The van der Waals surface area contributed by atoms with Crippen molar-refractivity contribution in [1.82, 2.24) is 16.0 Å². The van der Waals surface area contributed by atoms with E-state index >= 15 is 0 Å². The molecule has 0 aliphatic heterocycles. The summed E-state index contributed by atoms with van der Waals surface area (Å²) in [7, 11) is 1.31. The number of nitrogens with one attached hydrogen (secondary N) is 3. The summed E-state index contributed by atoms with van der Waals surface area (Å²) in [6.07, 6.45) is 4.29. The molecule has 4 rings (SSSR count). The van der Waals surface area contributed by atoms with E-state index in [1.54, 1.807) is 20.8 Å². The van der Waals surface area contributed by atoms with Gasteiger partial charge in [0.15, 0.2) is 0 Å². The van der Waals surface area contributed by atoms with Crippen LogP contribution in [0.1, 0.15) is 58.4 Å². The lowest BCUT2D eigenvalue weighted by molar-refractivity contribution is -0.147. The molecule has 0 heterocycles. The SMILES string of the molecule is COC(=O)[C@H](Cc1ccccc1)NC(=O)[C@H]1CC2CCC1(NC(=O)[C@H](C)NC(=O)C(C)C)CC2. The van der Waals surface area contributed by atoms with Crippen LogP contribution in [-0.4, -0.2) is 48.4 Å². The number of rotatable bonds is 9. The lowest BCUT2D eigenvalue weighted by Crippen LogP contribution is -2.65. The summed E-state index contributed by atoms with van der Waals surface area (Å²) in [6, 6.07) is 7.96. The van der Waals surface area contributed by atoms with E-state index in [0.29, 0.717) is 31.6 Å². The number of hydrogen-bond donors (Lipinski definition) is 3. The van der Waals surface area contributed by atoms with E-state index in [2.05, 4.69) is 16.0 Å². The first-order chi connectivity index (χ1) is 16.1. The van der Waals surface area contributed by atoms with Gasteiger partial charge < -0.3 is 20.7 Å². The van der Waals surface area contributed by atoms with Gasteiger partial charge in [0.2, 0.25) is 17.7 Å². The maximum atomic E-state index is 13.5. The Morgan fingerprint density at radius 3 is 2.24 bits per heavy atom. The summed E-state index contributed by atoms with van der Waals surface area (Å²) < 4.78 is 4.95. The second kappa shape index (κ2) is 11.0. The average Bonchev–Trinajstić information content (AvgIpc) is 2.83. The standard InChI is InChI=1S/C26H37N3O5/c1-16(2)22(30)27-17(3)23(31)29-26-12-10-19(11-13-26)14-20(26)24(32)28-21(25(33)34-4)15-18-8-6-5-7-9-18/h5-9,16-17,19-21H,10-15H2,1-4H3,(H,27,30)(H,28,32)(H,29,31)/t17-,19?,20+,21-,26?/m0/s1. The van der Waals surface area contributed by atoms with Crippen molar-refractivity contribution in [2.75, 3.05) is 7.11 Å². The molecule has 34 heavy (non-hydrogen) atoms. The number of ether oxygens (including phenoxy) is 1. The van der Waals surface area contributed by atoms with Gasteiger partial charge in [-0.3, -0.25) is 14.4 Å². The monoisotopic (exact) mass is 471 g/mol. The molecule has 3 atom stereocenters. The van der Waals surface area contributed by atoms with Crippen LogP contribution in [0.2, 0.25) is 0 Å². The summed E-state index contributed by atoms with van der Waals surface area (Å²) >= 11 is 0. The van der Waals surface area contributed by atoms with Crippen LogP contribution in [0, 0.1) is 17.8 Å². The number of methoxy groups -OCH3 is 1. The largest absolute Gasteiger partial charge is 0.467 e. The van der Waals surface area contributed by atoms with Crippen molar-refractivity contribution in [3.63, 3.8) is 0 Å². The van der Waals surface area contributed by atoms with E-state index in [0.717, 1.165) is 18.4 Å². The number of esters is 1. The Balaban J connectivity index is 1.74. The minimum atomic E-state index is -0.808.